The monoisotopic (exact) mass is 357 g/mol. The van der Waals surface area contributed by atoms with E-state index in [1.807, 2.05) is 43.3 Å². The minimum absolute atomic E-state index is 0.000952. The third-order valence-electron chi connectivity index (χ3n) is 3.95. The number of Topliss-reactive ketones (excluding diaryl/α,β-unsaturated/α-hetero) is 2. The Hall–Kier alpha value is -2.27. The molecular formula is C20H23NO3S. The van der Waals surface area contributed by atoms with Gasteiger partial charge in [-0.05, 0) is 24.6 Å². The van der Waals surface area contributed by atoms with Gasteiger partial charge in [0.1, 0.15) is 5.78 Å². The van der Waals surface area contributed by atoms with Crippen LogP contribution in [0.3, 0.4) is 0 Å². The molecule has 0 aliphatic rings. The number of nitrogens with zero attached hydrogens (tertiary/aromatic N) is 1. The van der Waals surface area contributed by atoms with E-state index >= 15 is 0 Å². The second-order valence-corrected chi connectivity index (χ2v) is 7.40. The molecule has 2 rings (SSSR count). The van der Waals surface area contributed by atoms with E-state index in [0.29, 0.717) is 11.4 Å². The Morgan fingerprint density at radius 3 is 2.24 bits per heavy atom. The van der Waals surface area contributed by atoms with Crippen LogP contribution in [0, 0.1) is 6.92 Å². The van der Waals surface area contributed by atoms with Crippen LogP contribution >= 0.6 is 11.3 Å². The molecule has 2 aromatic rings. The Morgan fingerprint density at radius 1 is 0.920 bits per heavy atom. The van der Waals surface area contributed by atoms with Crippen LogP contribution in [-0.2, 0) is 16.1 Å². The molecule has 0 unspecified atom stereocenters. The lowest BCUT2D eigenvalue weighted by Gasteiger charge is -2.17. The molecule has 1 aromatic heterocycles. The predicted molar refractivity (Wildman–Crippen MR) is 99.8 cm³/mol. The molecule has 0 spiro atoms. The highest BCUT2D eigenvalue weighted by molar-refractivity contribution is 7.14. The van der Waals surface area contributed by atoms with Gasteiger partial charge in [-0.1, -0.05) is 30.3 Å². The second kappa shape index (κ2) is 9.28. The van der Waals surface area contributed by atoms with E-state index in [-0.39, 0.29) is 43.2 Å². The first kappa shape index (κ1) is 19.1. The highest BCUT2D eigenvalue weighted by Crippen LogP contribution is 2.18. The van der Waals surface area contributed by atoms with Gasteiger partial charge in [0.05, 0.1) is 4.88 Å². The largest absolute Gasteiger partial charge is 0.341 e. The highest BCUT2D eigenvalue weighted by Gasteiger charge is 2.14. The van der Waals surface area contributed by atoms with Crippen molar-refractivity contribution < 1.29 is 14.4 Å². The lowest BCUT2D eigenvalue weighted by atomic mass is 10.1. The minimum atomic E-state index is -0.0580. The summed E-state index contributed by atoms with van der Waals surface area (Å²) in [5, 5.41) is 0. The van der Waals surface area contributed by atoms with E-state index in [1.54, 1.807) is 18.0 Å². The zero-order valence-corrected chi connectivity index (χ0v) is 15.5. The van der Waals surface area contributed by atoms with Crippen molar-refractivity contribution in [2.24, 2.45) is 0 Å². The standard InChI is InChI=1S/C20H23NO3S/c1-15-8-12-19(25-15)18(23)11-9-17(22)10-13-20(24)21(2)14-16-6-4-3-5-7-16/h3-8,12H,9-11,13-14H2,1-2H3. The Morgan fingerprint density at radius 2 is 1.60 bits per heavy atom. The quantitative estimate of drug-likeness (QED) is 0.637. The summed E-state index contributed by atoms with van der Waals surface area (Å²) < 4.78 is 0. The van der Waals surface area contributed by atoms with E-state index in [4.69, 9.17) is 0 Å². The first-order chi connectivity index (χ1) is 12.0. The number of rotatable bonds is 9. The number of carbonyl (C=O) groups excluding carboxylic acids is 3. The van der Waals surface area contributed by atoms with Crippen molar-refractivity contribution in [3.05, 3.63) is 57.8 Å². The van der Waals surface area contributed by atoms with Gasteiger partial charge in [0.2, 0.25) is 5.91 Å². The SMILES string of the molecule is Cc1ccc(C(=O)CCC(=O)CCC(=O)N(C)Cc2ccccc2)s1. The number of benzene rings is 1. The van der Waals surface area contributed by atoms with Crippen molar-refractivity contribution in [2.45, 2.75) is 39.2 Å². The molecule has 1 aromatic carbocycles. The molecule has 0 N–H and O–H groups in total. The van der Waals surface area contributed by atoms with Crippen LogP contribution in [0.2, 0.25) is 0 Å². The smallest absolute Gasteiger partial charge is 0.223 e. The van der Waals surface area contributed by atoms with E-state index in [2.05, 4.69) is 0 Å². The van der Waals surface area contributed by atoms with Crippen molar-refractivity contribution in [3.8, 4) is 0 Å². The zero-order valence-electron chi connectivity index (χ0n) is 14.7. The van der Waals surface area contributed by atoms with Crippen LogP contribution in [0.25, 0.3) is 0 Å². The zero-order chi connectivity index (χ0) is 18.2. The fourth-order valence-corrected chi connectivity index (χ4v) is 3.30. The van der Waals surface area contributed by atoms with Crippen molar-refractivity contribution in [1.82, 2.24) is 4.90 Å². The average Bonchev–Trinajstić information content (AvgIpc) is 3.04. The molecule has 25 heavy (non-hydrogen) atoms. The number of aryl methyl sites for hydroxylation is 1. The lowest BCUT2D eigenvalue weighted by Crippen LogP contribution is -2.26. The number of ketones is 2. The summed E-state index contributed by atoms with van der Waals surface area (Å²) in [4.78, 5) is 39.5. The summed E-state index contributed by atoms with van der Waals surface area (Å²) in [7, 11) is 1.74. The van der Waals surface area contributed by atoms with Gasteiger partial charge < -0.3 is 4.90 Å². The van der Waals surface area contributed by atoms with Crippen LogP contribution in [-0.4, -0.2) is 29.4 Å². The summed E-state index contributed by atoms with van der Waals surface area (Å²) in [6.07, 6.45) is 0.793. The van der Waals surface area contributed by atoms with Gasteiger partial charge in [-0.15, -0.1) is 11.3 Å². The average molecular weight is 357 g/mol. The number of amides is 1. The molecule has 5 heteroatoms. The molecule has 0 aliphatic carbocycles. The molecule has 0 aliphatic heterocycles. The maximum Gasteiger partial charge on any atom is 0.223 e. The van der Waals surface area contributed by atoms with Crippen molar-refractivity contribution in [2.75, 3.05) is 7.05 Å². The molecule has 0 atom stereocenters. The van der Waals surface area contributed by atoms with Gasteiger partial charge in [0, 0.05) is 44.2 Å². The van der Waals surface area contributed by atoms with Crippen LogP contribution in [0.1, 0.15) is 45.8 Å². The van der Waals surface area contributed by atoms with Gasteiger partial charge in [0.25, 0.3) is 0 Å². The van der Waals surface area contributed by atoms with Crippen LogP contribution < -0.4 is 0 Å². The molecule has 1 heterocycles. The summed E-state index contributed by atoms with van der Waals surface area (Å²) in [6, 6.07) is 13.4. The predicted octanol–water partition coefficient (Wildman–Crippen LogP) is 4.03. The van der Waals surface area contributed by atoms with Crippen molar-refractivity contribution in [3.63, 3.8) is 0 Å². The Labute approximate surface area is 152 Å². The summed E-state index contributed by atoms with van der Waals surface area (Å²) in [5.41, 5.74) is 1.06. The number of carbonyl (C=O) groups is 3. The topological polar surface area (TPSA) is 54.5 Å². The first-order valence-corrected chi connectivity index (χ1v) is 9.16. The normalized spacial score (nSPS) is 10.5. The Bertz CT molecular complexity index is 736. The fourth-order valence-electron chi connectivity index (χ4n) is 2.47. The summed E-state index contributed by atoms with van der Waals surface area (Å²) in [5.74, 6) is -0.0977. The number of thiophene rings is 1. The molecule has 0 fully saturated rings. The van der Waals surface area contributed by atoms with E-state index in [0.717, 1.165) is 10.4 Å². The maximum atomic E-state index is 12.1. The van der Waals surface area contributed by atoms with Crippen molar-refractivity contribution in [1.29, 1.82) is 0 Å². The number of hydrogen-bond acceptors (Lipinski definition) is 4. The molecule has 0 saturated heterocycles. The third kappa shape index (κ3) is 6.27. The Balaban J connectivity index is 1.70. The lowest BCUT2D eigenvalue weighted by molar-refractivity contribution is -0.132. The minimum Gasteiger partial charge on any atom is -0.341 e. The Kier molecular flexibility index (Phi) is 7.07. The number of hydrogen-bond donors (Lipinski definition) is 0. The summed E-state index contributed by atoms with van der Waals surface area (Å²) >= 11 is 1.45. The summed E-state index contributed by atoms with van der Waals surface area (Å²) in [6.45, 7) is 2.48. The van der Waals surface area contributed by atoms with Crippen LogP contribution in [0.4, 0.5) is 0 Å². The highest BCUT2D eigenvalue weighted by atomic mass is 32.1. The van der Waals surface area contributed by atoms with Gasteiger partial charge in [-0.3, -0.25) is 14.4 Å². The van der Waals surface area contributed by atoms with Crippen LogP contribution in [0.5, 0.6) is 0 Å². The van der Waals surface area contributed by atoms with E-state index < -0.39 is 0 Å². The molecule has 4 nitrogen and oxygen atoms in total. The van der Waals surface area contributed by atoms with Gasteiger partial charge in [-0.2, -0.15) is 0 Å². The second-order valence-electron chi connectivity index (χ2n) is 6.11. The van der Waals surface area contributed by atoms with E-state index in [1.165, 1.54) is 11.3 Å². The fraction of sp³-hybridized carbons (Fsp3) is 0.350. The molecule has 132 valence electrons. The van der Waals surface area contributed by atoms with Gasteiger partial charge >= 0.3 is 0 Å². The van der Waals surface area contributed by atoms with Gasteiger partial charge in [0.15, 0.2) is 5.78 Å². The molecule has 0 bridgehead atoms. The van der Waals surface area contributed by atoms with Gasteiger partial charge in [-0.25, -0.2) is 0 Å². The molecule has 0 radical (unpaired) electrons. The molecule has 0 saturated carbocycles. The third-order valence-corrected chi connectivity index (χ3v) is 4.99. The van der Waals surface area contributed by atoms with E-state index in [9.17, 15) is 14.4 Å². The molecule has 1 amide bonds. The maximum absolute atomic E-state index is 12.1. The van der Waals surface area contributed by atoms with Crippen LogP contribution in [0.15, 0.2) is 42.5 Å². The molecular weight excluding hydrogens is 334 g/mol. The van der Waals surface area contributed by atoms with Crippen molar-refractivity contribution >= 4 is 28.8 Å². The first-order valence-electron chi connectivity index (χ1n) is 8.35.